The van der Waals surface area contributed by atoms with Crippen LogP contribution in [0.3, 0.4) is 0 Å². The Hall–Kier alpha value is -1.63. The van der Waals surface area contributed by atoms with Crippen molar-refractivity contribution in [3.63, 3.8) is 0 Å². The van der Waals surface area contributed by atoms with E-state index < -0.39 is 24.0 Å². The molecule has 2 atom stereocenters. The Morgan fingerprint density at radius 3 is 2.72 bits per heavy atom. The van der Waals surface area contributed by atoms with Gasteiger partial charge in [0, 0.05) is 5.92 Å². The first-order valence-electron chi connectivity index (χ1n) is 5.17. The molecule has 0 spiro atoms. The van der Waals surface area contributed by atoms with Gasteiger partial charge in [0.05, 0.1) is 6.04 Å². The van der Waals surface area contributed by atoms with E-state index in [1.807, 2.05) is 5.48 Å². The molecule has 0 aromatic heterocycles. The number of rotatable bonds is 3. The van der Waals surface area contributed by atoms with Crippen LogP contribution in [0.4, 0.5) is 17.6 Å². The van der Waals surface area contributed by atoms with Gasteiger partial charge >= 0.3 is 12.1 Å². The fourth-order valence-corrected chi connectivity index (χ4v) is 1.62. The number of carbonyl (C=O) groups excluding carboxylic acids is 1. The molecule has 7 heteroatoms. The van der Waals surface area contributed by atoms with Gasteiger partial charge < -0.3 is 4.84 Å². The second-order valence-corrected chi connectivity index (χ2v) is 4.01. The SMILES string of the molecule is O=C(ONC1CC1c1cccc(F)c1)C(F)(F)F. The van der Waals surface area contributed by atoms with Gasteiger partial charge in [-0.25, -0.2) is 9.18 Å². The zero-order chi connectivity index (χ0) is 13.3. The minimum absolute atomic E-state index is 0.137. The van der Waals surface area contributed by atoms with Crippen molar-refractivity contribution in [2.75, 3.05) is 0 Å². The average Bonchev–Trinajstić information content (AvgIpc) is 3.04. The summed E-state index contributed by atoms with van der Waals surface area (Å²) in [6.45, 7) is 0. The maximum absolute atomic E-state index is 12.9. The fraction of sp³-hybridized carbons (Fsp3) is 0.364. The summed E-state index contributed by atoms with van der Waals surface area (Å²) in [6, 6.07) is 5.36. The Morgan fingerprint density at radius 2 is 2.11 bits per heavy atom. The third kappa shape index (κ3) is 2.98. The maximum atomic E-state index is 12.9. The van der Waals surface area contributed by atoms with Gasteiger partial charge in [0.1, 0.15) is 5.82 Å². The maximum Gasteiger partial charge on any atom is 0.492 e. The first-order valence-corrected chi connectivity index (χ1v) is 5.17. The largest absolute Gasteiger partial charge is 0.492 e. The highest BCUT2D eigenvalue weighted by atomic mass is 19.4. The number of alkyl halides is 3. The van der Waals surface area contributed by atoms with E-state index in [0.29, 0.717) is 12.0 Å². The first kappa shape index (κ1) is 12.8. The zero-order valence-electron chi connectivity index (χ0n) is 9.00. The fourth-order valence-electron chi connectivity index (χ4n) is 1.62. The Labute approximate surface area is 99.7 Å². The summed E-state index contributed by atoms with van der Waals surface area (Å²) in [5, 5.41) is 0. The number of carbonyl (C=O) groups is 1. The molecule has 0 aliphatic heterocycles. The van der Waals surface area contributed by atoms with E-state index >= 15 is 0 Å². The minimum atomic E-state index is -5.02. The van der Waals surface area contributed by atoms with Crippen LogP contribution in [0.2, 0.25) is 0 Å². The van der Waals surface area contributed by atoms with E-state index in [2.05, 4.69) is 4.84 Å². The van der Waals surface area contributed by atoms with E-state index in [4.69, 9.17) is 0 Å². The molecular weight excluding hydrogens is 254 g/mol. The van der Waals surface area contributed by atoms with Crippen LogP contribution in [-0.4, -0.2) is 18.2 Å². The van der Waals surface area contributed by atoms with Crippen molar-refractivity contribution < 1.29 is 27.2 Å². The lowest BCUT2D eigenvalue weighted by molar-refractivity contribution is -0.207. The third-order valence-corrected chi connectivity index (χ3v) is 2.60. The quantitative estimate of drug-likeness (QED) is 0.671. The monoisotopic (exact) mass is 263 g/mol. The Morgan fingerprint density at radius 1 is 1.39 bits per heavy atom. The highest BCUT2D eigenvalue weighted by molar-refractivity contribution is 5.75. The van der Waals surface area contributed by atoms with Crippen LogP contribution in [0.25, 0.3) is 0 Å². The van der Waals surface area contributed by atoms with Crippen molar-refractivity contribution >= 4 is 5.97 Å². The molecule has 0 heterocycles. The molecule has 1 aliphatic rings. The van der Waals surface area contributed by atoms with Crippen LogP contribution >= 0.6 is 0 Å². The molecule has 1 aliphatic carbocycles. The molecule has 1 saturated carbocycles. The van der Waals surface area contributed by atoms with Gasteiger partial charge in [-0.3, -0.25) is 0 Å². The molecule has 0 saturated heterocycles. The highest BCUT2D eigenvalue weighted by Crippen LogP contribution is 2.40. The van der Waals surface area contributed by atoms with Crippen molar-refractivity contribution in [2.45, 2.75) is 24.6 Å². The Bertz CT molecular complexity index is 461. The van der Waals surface area contributed by atoms with Gasteiger partial charge in [0.25, 0.3) is 0 Å². The lowest BCUT2D eigenvalue weighted by atomic mass is 10.1. The number of nitrogens with one attached hydrogen (secondary N) is 1. The highest BCUT2D eigenvalue weighted by Gasteiger charge is 2.44. The van der Waals surface area contributed by atoms with Crippen LogP contribution in [0.15, 0.2) is 24.3 Å². The van der Waals surface area contributed by atoms with E-state index in [-0.39, 0.29) is 5.92 Å². The molecule has 98 valence electrons. The van der Waals surface area contributed by atoms with Gasteiger partial charge in [-0.1, -0.05) is 12.1 Å². The first-order chi connectivity index (χ1) is 8.38. The molecule has 1 N–H and O–H groups in total. The predicted molar refractivity (Wildman–Crippen MR) is 52.8 cm³/mol. The molecular formula is C11H9F4NO2. The van der Waals surface area contributed by atoms with Gasteiger partial charge in [-0.2, -0.15) is 13.2 Å². The van der Waals surface area contributed by atoms with E-state index in [0.717, 1.165) is 0 Å². The molecule has 18 heavy (non-hydrogen) atoms. The second-order valence-electron chi connectivity index (χ2n) is 4.01. The molecule has 0 amide bonds. The van der Waals surface area contributed by atoms with Crippen LogP contribution in [-0.2, 0) is 9.63 Å². The number of hydroxylamine groups is 1. The van der Waals surface area contributed by atoms with Crippen molar-refractivity contribution in [3.05, 3.63) is 35.6 Å². The molecule has 1 fully saturated rings. The van der Waals surface area contributed by atoms with Gasteiger partial charge in [0.15, 0.2) is 0 Å². The molecule has 1 aromatic carbocycles. The summed E-state index contributed by atoms with van der Waals surface area (Å²) < 4.78 is 48.4. The van der Waals surface area contributed by atoms with Crippen LogP contribution in [0.1, 0.15) is 17.9 Å². The lowest BCUT2D eigenvalue weighted by Gasteiger charge is -2.07. The second kappa shape index (κ2) is 4.56. The van der Waals surface area contributed by atoms with Crippen molar-refractivity contribution in [2.24, 2.45) is 0 Å². The topological polar surface area (TPSA) is 38.3 Å². The van der Waals surface area contributed by atoms with Crippen molar-refractivity contribution in [1.82, 2.24) is 5.48 Å². The minimum Gasteiger partial charge on any atom is -0.363 e. The number of benzene rings is 1. The lowest BCUT2D eigenvalue weighted by Crippen LogP contribution is -2.32. The summed E-state index contributed by atoms with van der Waals surface area (Å²) in [5.74, 6) is -2.83. The number of halogens is 4. The normalized spacial score (nSPS) is 22.7. The van der Waals surface area contributed by atoms with E-state index in [9.17, 15) is 22.4 Å². The number of hydrogen-bond acceptors (Lipinski definition) is 3. The van der Waals surface area contributed by atoms with Gasteiger partial charge in [-0.15, -0.1) is 5.48 Å². The van der Waals surface area contributed by atoms with Crippen molar-refractivity contribution in [3.8, 4) is 0 Å². The smallest absolute Gasteiger partial charge is 0.363 e. The third-order valence-electron chi connectivity index (χ3n) is 2.60. The van der Waals surface area contributed by atoms with Gasteiger partial charge in [0.2, 0.25) is 0 Å². The molecule has 2 unspecified atom stereocenters. The molecule has 1 aromatic rings. The zero-order valence-corrected chi connectivity index (χ0v) is 9.00. The molecule has 0 bridgehead atoms. The number of hydrogen-bond donors (Lipinski definition) is 1. The molecule has 0 radical (unpaired) electrons. The van der Waals surface area contributed by atoms with Crippen molar-refractivity contribution in [1.29, 1.82) is 0 Å². The summed E-state index contributed by atoms with van der Waals surface area (Å²) in [5.41, 5.74) is 2.70. The summed E-state index contributed by atoms with van der Waals surface area (Å²) in [4.78, 5) is 14.3. The van der Waals surface area contributed by atoms with Crippen LogP contribution in [0.5, 0.6) is 0 Å². The standard InChI is InChI=1S/C11H9F4NO2/c12-7-3-1-2-6(4-7)8-5-9(8)16-18-10(17)11(13,14)15/h1-4,8-9,16H,5H2. The average molecular weight is 263 g/mol. The summed E-state index contributed by atoms with van der Waals surface area (Å²) >= 11 is 0. The molecule has 3 nitrogen and oxygen atoms in total. The predicted octanol–water partition coefficient (Wildman–Crippen LogP) is 2.29. The summed E-state index contributed by atoms with van der Waals surface area (Å²) in [7, 11) is 0. The van der Waals surface area contributed by atoms with Gasteiger partial charge in [-0.05, 0) is 24.1 Å². The van der Waals surface area contributed by atoms with Crippen LogP contribution < -0.4 is 5.48 Å². The van der Waals surface area contributed by atoms with E-state index in [1.165, 1.54) is 18.2 Å². The van der Waals surface area contributed by atoms with Crippen LogP contribution in [0, 0.1) is 5.82 Å². The Balaban J connectivity index is 1.84. The molecule has 2 rings (SSSR count). The summed E-state index contributed by atoms with van der Waals surface area (Å²) in [6.07, 6.45) is -4.52. The van der Waals surface area contributed by atoms with E-state index in [1.54, 1.807) is 6.07 Å². The Kier molecular flexibility index (Phi) is 3.25.